The molecule has 0 aromatic carbocycles. The van der Waals surface area contributed by atoms with E-state index in [9.17, 15) is 9.59 Å². The van der Waals surface area contributed by atoms with Gasteiger partial charge in [-0.2, -0.15) is 0 Å². The van der Waals surface area contributed by atoms with Gasteiger partial charge in [-0.05, 0) is 30.5 Å². The lowest BCUT2D eigenvalue weighted by Gasteiger charge is -2.25. The van der Waals surface area contributed by atoms with E-state index in [-0.39, 0.29) is 30.3 Å². The fourth-order valence-corrected chi connectivity index (χ4v) is 1.79. The van der Waals surface area contributed by atoms with Gasteiger partial charge in [-0.15, -0.1) is 0 Å². The average Bonchev–Trinajstić information content (AvgIpc) is 2.50. The minimum absolute atomic E-state index is 0.0357. The number of amides is 2. The quantitative estimate of drug-likeness (QED) is 0.808. The number of nitrogens with zero attached hydrogens (tertiary/aromatic N) is 2. The van der Waals surface area contributed by atoms with E-state index in [1.165, 1.54) is 0 Å². The second-order valence-electron chi connectivity index (χ2n) is 5.45. The lowest BCUT2D eigenvalue weighted by atomic mass is 10.1. The number of pyridine rings is 1. The van der Waals surface area contributed by atoms with Crippen molar-refractivity contribution in [3.8, 4) is 0 Å². The number of rotatable bonds is 6. The van der Waals surface area contributed by atoms with Crippen LogP contribution in [0.2, 0.25) is 0 Å². The van der Waals surface area contributed by atoms with Gasteiger partial charge in [0, 0.05) is 19.4 Å². The molecule has 0 aliphatic heterocycles. The Morgan fingerprint density at radius 2 is 1.86 bits per heavy atom. The van der Waals surface area contributed by atoms with Gasteiger partial charge in [0.25, 0.3) is 0 Å². The van der Waals surface area contributed by atoms with Gasteiger partial charge in [0.1, 0.15) is 0 Å². The summed E-state index contributed by atoms with van der Waals surface area (Å²) in [4.78, 5) is 29.4. The Kier molecular flexibility index (Phi) is 6.30. The second kappa shape index (κ2) is 7.73. The van der Waals surface area contributed by atoms with Crippen LogP contribution in [0, 0.1) is 5.92 Å². The molecule has 0 aliphatic rings. The molecule has 2 atom stereocenters. The van der Waals surface area contributed by atoms with E-state index in [1.807, 2.05) is 32.9 Å². The fraction of sp³-hybridized carbons (Fsp3) is 0.533. The normalized spacial score (nSPS) is 13.6. The van der Waals surface area contributed by atoms with E-state index in [0.29, 0.717) is 0 Å². The molecule has 0 fully saturated rings. The lowest BCUT2D eigenvalue weighted by molar-refractivity contribution is -0.133. The van der Waals surface area contributed by atoms with Crippen LogP contribution in [0.25, 0.3) is 0 Å². The predicted octanol–water partition coefficient (Wildman–Crippen LogP) is 0.701. The van der Waals surface area contributed by atoms with Crippen molar-refractivity contribution in [2.75, 3.05) is 13.6 Å². The van der Waals surface area contributed by atoms with Gasteiger partial charge in [-0.1, -0.05) is 13.8 Å². The van der Waals surface area contributed by atoms with E-state index in [4.69, 9.17) is 5.73 Å². The van der Waals surface area contributed by atoms with E-state index in [2.05, 4.69) is 10.3 Å². The number of nitrogens with two attached hydrogens (primary N) is 1. The molecule has 1 rings (SSSR count). The zero-order valence-corrected chi connectivity index (χ0v) is 13.0. The van der Waals surface area contributed by atoms with Crippen molar-refractivity contribution in [1.29, 1.82) is 0 Å². The third kappa shape index (κ3) is 4.82. The molecule has 116 valence electrons. The van der Waals surface area contributed by atoms with Crippen molar-refractivity contribution in [2.45, 2.75) is 32.9 Å². The molecule has 1 unspecified atom stereocenters. The van der Waals surface area contributed by atoms with Gasteiger partial charge in [0.15, 0.2) is 0 Å². The van der Waals surface area contributed by atoms with Crippen LogP contribution in [0.4, 0.5) is 0 Å². The first-order valence-electron chi connectivity index (χ1n) is 7.03. The number of hydrogen-bond donors (Lipinski definition) is 2. The lowest BCUT2D eigenvalue weighted by Crippen LogP contribution is -2.47. The van der Waals surface area contributed by atoms with Crippen molar-refractivity contribution < 1.29 is 9.59 Å². The molecular weight excluding hydrogens is 268 g/mol. The zero-order valence-electron chi connectivity index (χ0n) is 13.0. The summed E-state index contributed by atoms with van der Waals surface area (Å²) in [5.74, 6) is -0.430. The first-order chi connectivity index (χ1) is 9.84. The average molecular weight is 292 g/mol. The number of nitrogens with one attached hydrogen (secondary N) is 1. The largest absolute Gasteiger partial charge is 0.346 e. The third-order valence-electron chi connectivity index (χ3n) is 3.60. The van der Waals surface area contributed by atoms with Crippen LogP contribution < -0.4 is 11.1 Å². The van der Waals surface area contributed by atoms with Crippen molar-refractivity contribution in [2.24, 2.45) is 11.7 Å². The molecule has 0 aliphatic carbocycles. The first kappa shape index (κ1) is 17.1. The molecule has 1 heterocycles. The monoisotopic (exact) mass is 292 g/mol. The first-order valence-corrected chi connectivity index (χ1v) is 7.03. The van der Waals surface area contributed by atoms with E-state index in [1.54, 1.807) is 24.3 Å². The number of carbonyl (C=O) groups is 2. The Morgan fingerprint density at radius 3 is 2.38 bits per heavy atom. The number of aromatic nitrogens is 1. The maximum Gasteiger partial charge on any atom is 0.242 e. The minimum atomic E-state index is -0.597. The summed E-state index contributed by atoms with van der Waals surface area (Å²) < 4.78 is 0. The predicted molar refractivity (Wildman–Crippen MR) is 81.2 cm³/mol. The van der Waals surface area contributed by atoms with Gasteiger partial charge < -0.3 is 16.0 Å². The standard InChI is InChI=1S/C15H24N4O2/c1-10(2)14(16)15(21)18-9-13(20)19(4)11(3)12-5-7-17-8-6-12/h5-8,10-11,14H,9,16H2,1-4H3,(H,18,21)/t11?,14-/m0/s1. The molecule has 0 saturated carbocycles. The third-order valence-corrected chi connectivity index (χ3v) is 3.60. The molecule has 0 bridgehead atoms. The van der Waals surface area contributed by atoms with Gasteiger partial charge >= 0.3 is 0 Å². The van der Waals surface area contributed by atoms with E-state index in [0.717, 1.165) is 5.56 Å². The van der Waals surface area contributed by atoms with Gasteiger partial charge in [-0.25, -0.2) is 0 Å². The minimum Gasteiger partial charge on any atom is -0.346 e. The van der Waals surface area contributed by atoms with Crippen LogP contribution in [0.3, 0.4) is 0 Å². The molecule has 0 spiro atoms. The van der Waals surface area contributed by atoms with Crippen LogP contribution in [-0.2, 0) is 9.59 Å². The van der Waals surface area contributed by atoms with Crippen molar-refractivity contribution >= 4 is 11.8 Å². The Labute approximate surface area is 125 Å². The Bertz CT molecular complexity index is 476. The number of hydrogen-bond acceptors (Lipinski definition) is 4. The molecule has 1 aromatic heterocycles. The van der Waals surface area contributed by atoms with E-state index < -0.39 is 6.04 Å². The fourth-order valence-electron chi connectivity index (χ4n) is 1.79. The Hall–Kier alpha value is -1.95. The summed E-state index contributed by atoms with van der Waals surface area (Å²) in [5.41, 5.74) is 6.72. The summed E-state index contributed by atoms with van der Waals surface area (Å²) in [6.07, 6.45) is 3.38. The van der Waals surface area contributed by atoms with Crippen molar-refractivity contribution in [3.05, 3.63) is 30.1 Å². The van der Waals surface area contributed by atoms with Crippen LogP contribution in [0.1, 0.15) is 32.4 Å². The maximum absolute atomic E-state index is 12.1. The maximum atomic E-state index is 12.1. The van der Waals surface area contributed by atoms with Crippen molar-refractivity contribution in [3.63, 3.8) is 0 Å². The summed E-state index contributed by atoms with van der Waals surface area (Å²) in [5, 5.41) is 2.58. The zero-order chi connectivity index (χ0) is 16.0. The Morgan fingerprint density at radius 1 is 1.29 bits per heavy atom. The molecule has 0 saturated heterocycles. The molecular formula is C15H24N4O2. The molecule has 21 heavy (non-hydrogen) atoms. The summed E-state index contributed by atoms with van der Waals surface area (Å²) in [6.45, 7) is 5.60. The molecule has 6 heteroatoms. The second-order valence-corrected chi connectivity index (χ2v) is 5.45. The summed E-state index contributed by atoms with van der Waals surface area (Å²) in [7, 11) is 1.71. The summed E-state index contributed by atoms with van der Waals surface area (Å²) in [6, 6.07) is 3.04. The Balaban J connectivity index is 2.54. The summed E-state index contributed by atoms with van der Waals surface area (Å²) >= 11 is 0. The van der Waals surface area contributed by atoms with Gasteiger partial charge in [0.05, 0.1) is 18.6 Å². The van der Waals surface area contributed by atoms with Crippen LogP contribution in [-0.4, -0.2) is 41.3 Å². The van der Waals surface area contributed by atoms with Crippen molar-refractivity contribution in [1.82, 2.24) is 15.2 Å². The van der Waals surface area contributed by atoms with E-state index >= 15 is 0 Å². The van der Waals surface area contributed by atoms with Crippen LogP contribution in [0.15, 0.2) is 24.5 Å². The highest BCUT2D eigenvalue weighted by molar-refractivity contribution is 5.87. The van der Waals surface area contributed by atoms with Gasteiger partial charge in [0.2, 0.25) is 11.8 Å². The molecule has 1 aromatic rings. The molecule has 0 radical (unpaired) electrons. The topological polar surface area (TPSA) is 88.3 Å². The molecule has 3 N–H and O–H groups in total. The smallest absolute Gasteiger partial charge is 0.242 e. The SMILES string of the molecule is CC(C)[C@H](N)C(=O)NCC(=O)N(C)C(C)c1ccncc1. The number of likely N-dealkylation sites (N-methyl/N-ethyl adjacent to an activating group) is 1. The highest BCUT2D eigenvalue weighted by Crippen LogP contribution is 2.17. The van der Waals surface area contributed by atoms with Gasteiger partial charge in [-0.3, -0.25) is 14.6 Å². The molecule has 6 nitrogen and oxygen atoms in total. The molecule has 2 amide bonds. The highest BCUT2D eigenvalue weighted by Gasteiger charge is 2.21. The van der Waals surface area contributed by atoms with Crippen LogP contribution in [0.5, 0.6) is 0 Å². The highest BCUT2D eigenvalue weighted by atomic mass is 16.2. The van der Waals surface area contributed by atoms with Crippen LogP contribution >= 0.6 is 0 Å². The number of carbonyl (C=O) groups excluding carboxylic acids is 2.